The van der Waals surface area contributed by atoms with Gasteiger partial charge in [0.15, 0.2) is 0 Å². The van der Waals surface area contributed by atoms with Crippen LogP contribution in [0.1, 0.15) is 28.8 Å². The molecule has 1 atom stereocenters. The third-order valence-electron chi connectivity index (χ3n) is 5.83. The largest absolute Gasteiger partial charge is 0.356 e. The minimum atomic E-state index is -1.22. The molecule has 2 aliphatic rings. The van der Waals surface area contributed by atoms with Crippen molar-refractivity contribution in [1.29, 1.82) is 5.26 Å². The van der Waals surface area contributed by atoms with Crippen molar-refractivity contribution in [2.24, 2.45) is 7.05 Å². The molecule has 1 unspecified atom stereocenters. The molecule has 1 aliphatic heterocycles. The van der Waals surface area contributed by atoms with Crippen molar-refractivity contribution in [1.82, 2.24) is 9.47 Å². The fraction of sp³-hybridized carbons (Fsp3) is 0.208. The number of hydrogen-bond donors (Lipinski definition) is 2. The Labute approximate surface area is 184 Å². The van der Waals surface area contributed by atoms with E-state index in [2.05, 4.69) is 11.4 Å². The van der Waals surface area contributed by atoms with Crippen LogP contribution in [0.15, 0.2) is 65.5 Å². The highest BCUT2D eigenvalue weighted by Crippen LogP contribution is 2.43. The van der Waals surface area contributed by atoms with Crippen molar-refractivity contribution in [3.63, 3.8) is 0 Å². The number of para-hydroxylation sites is 1. The van der Waals surface area contributed by atoms with Gasteiger partial charge in [-0.3, -0.25) is 24.0 Å². The zero-order valence-electron chi connectivity index (χ0n) is 17.4. The van der Waals surface area contributed by atoms with Crippen LogP contribution < -0.4 is 15.8 Å². The summed E-state index contributed by atoms with van der Waals surface area (Å²) in [5.74, 6) is 0.00294. The number of aliphatic hydroxyl groups is 1. The Hall–Kier alpha value is -4.09. The Morgan fingerprint density at radius 1 is 1.06 bits per heavy atom. The van der Waals surface area contributed by atoms with Crippen LogP contribution in [0.3, 0.4) is 0 Å². The summed E-state index contributed by atoms with van der Waals surface area (Å²) in [5, 5.41) is 23.4. The molecule has 1 saturated carbocycles. The molecular weight excluding hydrogens is 406 g/mol. The van der Waals surface area contributed by atoms with Crippen molar-refractivity contribution >= 4 is 28.8 Å². The molecule has 32 heavy (non-hydrogen) atoms. The normalized spacial score (nSPS) is 17.7. The second-order valence-electron chi connectivity index (χ2n) is 7.96. The highest BCUT2D eigenvalue weighted by atomic mass is 16.3. The van der Waals surface area contributed by atoms with E-state index in [9.17, 15) is 14.7 Å². The summed E-state index contributed by atoms with van der Waals surface area (Å²) in [7, 11) is 1.59. The van der Waals surface area contributed by atoms with E-state index in [0.29, 0.717) is 34.0 Å². The molecule has 1 aromatic heterocycles. The molecule has 0 radical (unpaired) electrons. The van der Waals surface area contributed by atoms with Crippen molar-refractivity contribution in [2.75, 3.05) is 10.2 Å². The van der Waals surface area contributed by atoms with Gasteiger partial charge in [0, 0.05) is 30.5 Å². The molecule has 8 heteroatoms. The molecule has 1 amide bonds. The Morgan fingerprint density at radius 2 is 1.75 bits per heavy atom. The van der Waals surface area contributed by atoms with E-state index in [-0.39, 0.29) is 17.5 Å². The maximum absolute atomic E-state index is 13.6. The number of aliphatic hydroxyl groups excluding tert-OH is 1. The van der Waals surface area contributed by atoms with Gasteiger partial charge in [-0.25, -0.2) is 0 Å². The summed E-state index contributed by atoms with van der Waals surface area (Å²) >= 11 is 0. The summed E-state index contributed by atoms with van der Waals surface area (Å²) in [6, 6.07) is 19.4. The van der Waals surface area contributed by atoms with Crippen LogP contribution in [0.5, 0.6) is 0 Å². The number of hydrogen-bond acceptors (Lipinski definition) is 6. The average molecular weight is 427 g/mol. The van der Waals surface area contributed by atoms with E-state index in [0.717, 1.165) is 12.8 Å². The van der Waals surface area contributed by atoms with Crippen LogP contribution in [0, 0.1) is 11.3 Å². The molecule has 5 rings (SSSR count). The van der Waals surface area contributed by atoms with E-state index in [1.54, 1.807) is 36.2 Å². The molecule has 8 nitrogen and oxygen atoms in total. The number of rotatable bonds is 4. The number of nitriles is 1. The number of benzene rings is 2. The third kappa shape index (κ3) is 3.20. The van der Waals surface area contributed by atoms with Gasteiger partial charge in [-0.1, -0.05) is 18.2 Å². The number of amides is 1. The van der Waals surface area contributed by atoms with E-state index < -0.39 is 6.35 Å². The number of pyridine rings is 1. The Balaban J connectivity index is 1.71. The molecule has 0 saturated heterocycles. The molecule has 160 valence electrons. The quantitative estimate of drug-likeness (QED) is 0.664. The smallest absolute Gasteiger partial charge is 0.263 e. The lowest BCUT2D eigenvalue weighted by Crippen LogP contribution is -2.56. The Bertz CT molecular complexity index is 1290. The van der Waals surface area contributed by atoms with Gasteiger partial charge in [-0.15, -0.1) is 0 Å². The summed E-state index contributed by atoms with van der Waals surface area (Å²) in [5.41, 5.74) is 2.18. The lowest BCUT2D eigenvalue weighted by atomic mass is 10.1. The zero-order valence-corrected chi connectivity index (χ0v) is 17.4. The molecule has 1 fully saturated rings. The van der Waals surface area contributed by atoms with Crippen molar-refractivity contribution in [3.05, 3.63) is 82.1 Å². The first kappa shape index (κ1) is 19.8. The lowest BCUT2D eigenvalue weighted by Gasteiger charge is -2.43. The zero-order chi connectivity index (χ0) is 22.4. The summed E-state index contributed by atoms with van der Waals surface area (Å²) < 4.78 is 1.39. The van der Waals surface area contributed by atoms with Crippen LogP contribution in [0.2, 0.25) is 0 Å². The van der Waals surface area contributed by atoms with Gasteiger partial charge >= 0.3 is 0 Å². The Morgan fingerprint density at radius 3 is 2.38 bits per heavy atom. The highest BCUT2D eigenvalue weighted by molar-refractivity contribution is 6.07. The fourth-order valence-corrected chi connectivity index (χ4v) is 4.08. The summed E-state index contributed by atoms with van der Waals surface area (Å²) in [4.78, 5) is 29.6. The van der Waals surface area contributed by atoms with E-state index in [4.69, 9.17) is 5.26 Å². The van der Waals surface area contributed by atoms with Crippen LogP contribution in [0.25, 0.3) is 0 Å². The van der Waals surface area contributed by atoms with Crippen LogP contribution in [0.4, 0.5) is 22.9 Å². The Kier molecular flexibility index (Phi) is 4.68. The average Bonchev–Trinajstić information content (AvgIpc) is 3.63. The number of nitrogens with zero attached hydrogens (tertiary/aromatic N) is 4. The van der Waals surface area contributed by atoms with Crippen molar-refractivity contribution < 1.29 is 9.90 Å². The predicted molar refractivity (Wildman–Crippen MR) is 120 cm³/mol. The van der Waals surface area contributed by atoms with Gasteiger partial charge in [0.05, 0.1) is 17.3 Å². The number of fused-ring (bicyclic) bond motifs is 1. The minimum absolute atomic E-state index is 0.0446. The molecule has 1 aliphatic carbocycles. The first-order valence-electron chi connectivity index (χ1n) is 10.4. The maximum atomic E-state index is 13.6. The highest BCUT2D eigenvalue weighted by Gasteiger charge is 2.47. The number of carbonyl (C=O) groups excluding carboxylic acids is 1. The van der Waals surface area contributed by atoms with E-state index in [1.807, 2.05) is 30.3 Å². The molecule has 0 bridgehead atoms. The monoisotopic (exact) mass is 427 g/mol. The predicted octanol–water partition coefficient (Wildman–Crippen LogP) is 3.03. The fourth-order valence-electron chi connectivity index (χ4n) is 4.08. The van der Waals surface area contributed by atoms with Crippen molar-refractivity contribution in [2.45, 2.75) is 25.2 Å². The first-order valence-corrected chi connectivity index (χ1v) is 10.4. The topological polar surface area (TPSA) is 102 Å². The molecule has 2 aromatic carbocycles. The number of anilines is 4. The molecule has 0 spiro atoms. The molecule has 2 N–H and O–H groups in total. The molecule has 2 heterocycles. The second kappa shape index (κ2) is 7.55. The van der Waals surface area contributed by atoms with Gasteiger partial charge in [-0.2, -0.15) is 5.26 Å². The maximum Gasteiger partial charge on any atom is 0.263 e. The van der Waals surface area contributed by atoms with Gasteiger partial charge in [0.1, 0.15) is 11.4 Å². The summed E-state index contributed by atoms with van der Waals surface area (Å²) in [6.07, 6.45) is 0.427. The van der Waals surface area contributed by atoms with Crippen LogP contribution in [-0.4, -0.2) is 32.9 Å². The lowest BCUT2D eigenvalue weighted by molar-refractivity contribution is 0.00267. The third-order valence-corrected chi connectivity index (χ3v) is 5.83. The summed E-state index contributed by atoms with van der Waals surface area (Å²) in [6.45, 7) is 0. The second-order valence-corrected chi connectivity index (χ2v) is 7.96. The first-order chi connectivity index (χ1) is 15.5. The minimum Gasteiger partial charge on any atom is -0.356 e. The standard InChI is InChI=1S/C24H21N5O3/c1-27-20(30)13-19(26-16-9-7-15(14-25)8-10-16)21-22(27)28(17-5-3-2-4-6-17)24(32)29(23(21)31)18-11-12-18/h2-10,13,18,24,26,32H,11-12H2,1H3. The van der Waals surface area contributed by atoms with E-state index in [1.165, 1.54) is 15.5 Å². The van der Waals surface area contributed by atoms with Gasteiger partial charge < -0.3 is 10.4 Å². The number of aromatic nitrogens is 1. The van der Waals surface area contributed by atoms with Crippen LogP contribution in [-0.2, 0) is 7.05 Å². The van der Waals surface area contributed by atoms with Crippen molar-refractivity contribution in [3.8, 4) is 6.07 Å². The number of nitrogens with one attached hydrogen (secondary N) is 1. The van der Waals surface area contributed by atoms with Gasteiger partial charge in [-0.05, 0) is 49.2 Å². The molecule has 3 aromatic rings. The van der Waals surface area contributed by atoms with E-state index >= 15 is 0 Å². The van der Waals surface area contributed by atoms with Gasteiger partial charge in [0.2, 0.25) is 6.35 Å². The number of carbonyl (C=O) groups is 1. The molecular formula is C24H21N5O3. The van der Waals surface area contributed by atoms with Gasteiger partial charge in [0.25, 0.3) is 11.5 Å². The SMILES string of the molecule is Cn1c2c(c(Nc3ccc(C#N)cc3)cc1=O)C(=O)N(C1CC1)C(O)N2c1ccccc1. The van der Waals surface area contributed by atoms with Crippen LogP contribution >= 0.6 is 0 Å².